The van der Waals surface area contributed by atoms with Gasteiger partial charge in [0.15, 0.2) is 6.29 Å². The first kappa shape index (κ1) is 6.01. The molecule has 2 unspecified atom stereocenters. The van der Waals surface area contributed by atoms with Gasteiger partial charge in [-0.3, -0.25) is 0 Å². The minimum atomic E-state index is -0.370. The van der Waals surface area contributed by atoms with Crippen molar-refractivity contribution in [3.8, 4) is 0 Å². The Hall–Kier alpha value is -0.120. The van der Waals surface area contributed by atoms with Crippen LogP contribution < -0.4 is 0 Å². The summed E-state index contributed by atoms with van der Waals surface area (Å²) in [4.78, 5) is 3.96. The van der Waals surface area contributed by atoms with E-state index in [1.54, 1.807) is 0 Å². The van der Waals surface area contributed by atoms with Crippen molar-refractivity contribution in [2.45, 2.75) is 32.2 Å². The third kappa shape index (κ3) is 1.18. The number of hydrogen-bond acceptors (Lipinski definition) is 3. The quantitative estimate of drug-likeness (QED) is 0.412. The third-order valence-corrected chi connectivity index (χ3v) is 1.31. The van der Waals surface area contributed by atoms with Gasteiger partial charge >= 0.3 is 0 Å². The van der Waals surface area contributed by atoms with Gasteiger partial charge in [0, 0.05) is 6.42 Å². The van der Waals surface area contributed by atoms with E-state index in [4.69, 9.17) is 9.99 Å². The van der Waals surface area contributed by atoms with Gasteiger partial charge in [0.05, 0.1) is 6.10 Å². The zero-order valence-corrected chi connectivity index (χ0v) is 4.83. The molecule has 0 aromatic rings. The van der Waals surface area contributed by atoms with E-state index in [2.05, 4.69) is 4.89 Å². The van der Waals surface area contributed by atoms with E-state index in [1.807, 2.05) is 6.92 Å². The standard InChI is InChI=1S/C5H10O3/c1-4-2-3-5(7-4)8-6/h4-6H,2-3H2,1H3. The molecule has 8 heavy (non-hydrogen) atoms. The second-order valence-electron chi connectivity index (χ2n) is 2.06. The first-order valence-electron chi connectivity index (χ1n) is 2.78. The predicted octanol–water partition coefficient (Wildman–Crippen LogP) is 1.00. The average molecular weight is 118 g/mol. The Bertz CT molecular complexity index is 74.1. The maximum absolute atomic E-state index is 8.06. The summed E-state index contributed by atoms with van der Waals surface area (Å²) in [6.07, 6.45) is 1.65. The molecule has 0 amide bonds. The van der Waals surface area contributed by atoms with E-state index in [9.17, 15) is 0 Å². The molecule has 0 saturated carbocycles. The van der Waals surface area contributed by atoms with Gasteiger partial charge in [0.2, 0.25) is 0 Å². The van der Waals surface area contributed by atoms with Gasteiger partial charge in [-0.1, -0.05) is 0 Å². The van der Waals surface area contributed by atoms with Crippen molar-refractivity contribution in [2.75, 3.05) is 0 Å². The van der Waals surface area contributed by atoms with E-state index in [-0.39, 0.29) is 12.4 Å². The molecule has 1 heterocycles. The van der Waals surface area contributed by atoms with Crippen LogP contribution in [0.25, 0.3) is 0 Å². The molecule has 0 bridgehead atoms. The van der Waals surface area contributed by atoms with Crippen molar-refractivity contribution in [1.29, 1.82) is 0 Å². The highest BCUT2D eigenvalue weighted by molar-refractivity contribution is 4.61. The van der Waals surface area contributed by atoms with Gasteiger partial charge in [-0.25, -0.2) is 10.1 Å². The number of rotatable bonds is 1. The summed E-state index contributed by atoms with van der Waals surface area (Å²) in [5.74, 6) is 0. The summed E-state index contributed by atoms with van der Waals surface area (Å²) in [7, 11) is 0. The van der Waals surface area contributed by atoms with Gasteiger partial charge in [-0.15, -0.1) is 0 Å². The zero-order valence-electron chi connectivity index (χ0n) is 4.83. The molecule has 48 valence electrons. The zero-order chi connectivity index (χ0) is 5.98. The molecule has 0 radical (unpaired) electrons. The van der Waals surface area contributed by atoms with Crippen molar-refractivity contribution in [3.63, 3.8) is 0 Å². The molecule has 1 saturated heterocycles. The molecular formula is C5H10O3. The van der Waals surface area contributed by atoms with Gasteiger partial charge < -0.3 is 4.74 Å². The van der Waals surface area contributed by atoms with Crippen LogP contribution in [-0.2, 0) is 9.62 Å². The maximum Gasteiger partial charge on any atom is 0.191 e. The van der Waals surface area contributed by atoms with Crippen molar-refractivity contribution in [1.82, 2.24) is 0 Å². The molecule has 2 atom stereocenters. The highest BCUT2D eigenvalue weighted by Gasteiger charge is 2.21. The number of hydrogen-bond donors (Lipinski definition) is 1. The Balaban J connectivity index is 2.22. The SMILES string of the molecule is CC1CCC(OO)O1. The van der Waals surface area contributed by atoms with Crippen LogP contribution in [0.15, 0.2) is 0 Å². The molecule has 1 N–H and O–H groups in total. The van der Waals surface area contributed by atoms with E-state index in [0.29, 0.717) is 0 Å². The van der Waals surface area contributed by atoms with Crippen LogP contribution in [0.5, 0.6) is 0 Å². The molecule has 1 rings (SSSR count). The van der Waals surface area contributed by atoms with Gasteiger partial charge in [-0.05, 0) is 13.3 Å². The molecule has 1 fully saturated rings. The fourth-order valence-electron chi connectivity index (χ4n) is 0.844. The van der Waals surface area contributed by atoms with Crippen LogP contribution in [0.4, 0.5) is 0 Å². The molecule has 0 spiro atoms. The summed E-state index contributed by atoms with van der Waals surface area (Å²) in [6.45, 7) is 1.96. The number of ether oxygens (including phenoxy) is 1. The van der Waals surface area contributed by atoms with Crippen LogP contribution in [-0.4, -0.2) is 17.7 Å². The summed E-state index contributed by atoms with van der Waals surface area (Å²) in [5, 5.41) is 8.06. The van der Waals surface area contributed by atoms with Gasteiger partial charge in [0.1, 0.15) is 0 Å². The van der Waals surface area contributed by atoms with Gasteiger partial charge in [0.25, 0.3) is 0 Å². The lowest BCUT2D eigenvalue weighted by atomic mass is 10.3. The summed E-state index contributed by atoms with van der Waals surface area (Å²) < 4.78 is 5.04. The second kappa shape index (κ2) is 2.44. The fraction of sp³-hybridized carbons (Fsp3) is 1.00. The lowest BCUT2D eigenvalue weighted by Crippen LogP contribution is -2.09. The molecule has 3 nitrogen and oxygen atoms in total. The van der Waals surface area contributed by atoms with E-state index >= 15 is 0 Å². The Labute approximate surface area is 48.1 Å². The van der Waals surface area contributed by atoms with Crippen LogP contribution in [0.3, 0.4) is 0 Å². The molecule has 0 aliphatic carbocycles. The highest BCUT2D eigenvalue weighted by atomic mass is 17.1. The Morgan fingerprint density at radius 3 is 2.62 bits per heavy atom. The highest BCUT2D eigenvalue weighted by Crippen LogP contribution is 2.18. The lowest BCUT2D eigenvalue weighted by Gasteiger charge is -2.04. The first-order valence-corrected chi connectivity index (χ1v) is 2.78. The third-order valence-electron chi connectivity index (χ3n) is 1.31. The van der Waals surface area contributed by atoms with E-state index in [1.165, 1.54) is 0 Å². The molecule has 3 heteroatoms. The predicted molar refractivity (Wildman–Crippen MR) is 27.3 cm³/mol. The molecule has 1 aliphatic heterocycles. The van der Waals surface area contributed by atoms with E-state index in [0.717, 1.165) is 12.8 Å². The summed E-state index contributed by atoms with van der Waals surface area (Å²) in [6, 6.07) is 0. The molecule has 0 aromatic heterocycles. The first-order chi connectivity index (χ1) is 3.83. The molecular weight excluding hydrogens is 108 g/mol. The summed E-state index contributed by atoms with van der Waals surface area (Å²) >= 11 is 0. The summed E-state index contributed by atoms with van der Waals surface area (Å²) in [5.41, 5.74) is 0. The van der Waals surface area contributed by atoms with Crippen molar-refractivity contribution in [2.24, 2.45) is 0 Å². The van der Waals surface area contributed by atoms with Crippen LogP contribution in [0.1, 0.15) is 19.8 Å². The Morgan fingerprint density at radius 1 is 1.62 bits per heavy atom. The topological polar surface area (TPSA) is 38.7 Å². The Morgan fingerprint density at radius 2 is 2.38 bits per heavy atom. The lowest BCUT2D eigenvalue weighted by molar-refractivity contribution is -0.339. The van der Waals surface area contributed by atoms with E-state index < -0.39 is 0 Å². The normalized spacial score (nSPS) is 38.2. The van der Waals surface area contributed by atoms with Gasteiger partial charge in [-0.2, -0.15) is 0 Å². The van der Waals surface area contributed by atoms with Crippen molar-refractivity contribution < 1.29 is 14.9 Å². The van der Waals surface area contributed by atoms with Crippen molar-refractivity contribution >= 4 is 0 Å². The van der Waals surface area contributed by atoms with Crippen LogP contribution in [0, 0.1) is 0 Å². The average Bonchev–Trinajstić information content (AvgIpc) is 2.14. The second-order valence-corrected chi connectivity index (χ2v) is 2.06. The van der Waals surface area contributed by atoms with Crippen LogP contribution >= 0.6 is 0 Å². The fourth-order valence-corrected chi connectivity index (χ4v) is 0.844. The minimum absolute atomic E-state index is 0.243. The Kier molecular flexibility index (Phi) is 1.83. The smallest absolute Gasteiger partial charge is 0.191 e. The minimum Gasteiger partial charge on any atom is -0.347 e. The van der Waals surface area contributed by atoms with Crippen molar-refractivity contribution in [3.05, 3.63) is 0 Å². The molecule has 0 aromatic carbocycles. The maximum atomic E-state index is 8.06. The van der Waals surface area contributed by atoms with Crippen LogP contribution in [0.2, 0.25) is 0 Å². The molecule has 1 aliphatic rings. The monoisotopic (exact) mass is 118 g/mol. The largest absolute Gasteiger partial charge is 0.347 e.